The van der Waals surface area contributed by atoms with Gasteiger partial charge in [-0.15, -0.1) is 0 Å². The second kappa shape index (κ2) is 6.28. The smallest absolute Gasteiger partial charge is 0.248 e. The third-order valence-electron chi connectivity index (χ3n) is 2.76. The maximum atomic E-state index is 11.4. The summed E-state index contributed by atoms with van der Waals surface area (Å²) in [5.41, 5.74) is -3.04. The molecule has 0 radical (unpaired) electrons. The van der Waals surface area contributed by atoms with Gasteiger partial charge in [-0.05, 0) is 38.8 Å². The van der Waals surface area contributed by atoms with Crippen molar-refractivity contribution in [1.82, 2.24) is 10.3 Å². The van der Waals surface area contributed by atoms with Crippen molar-refractivity contribution in [2.45, 2.75) is 32.2 Å². The molecule has 0 fully saturated rings. The largest absolute Gasteiger partial charge is 0.490 e. The van der Waals surface area contributed by atoms with Gasteiger partial charge in [0.2, 0.25) is 5.56 Å². The molecule has 1 aromatic carbocycles. The zero-order valence-electron chi connectivity index (χ0n) is 20.1. The Bertz CT molecular complexity index is 898. The number of aliphatic hydroxyl groups is 1. The van der Waals surface area contributed by atoms with Gasteiger partial charge in [-0.1, -0.05) is 6.07 Å². The number of nitrogens with one attached hydrogen (secondary N) is 2. The van der Waals surface area contributed by atoms with Gasteiger partial charge in [-0.3, -0.25) is 4.79 Å². The van der Waals surface area contributed by atoms with Crippen LogP contribution in [0.4, 0.5) is 0 Å². The maximum Gasteiger partial charge on any atom is 0.248 e. The molecule has 1 heterocycles. The van der Waals surface area contributed by atoms with Gasteiger partial charge in [0.1, 0.15) is 18.5 Å². The fourth-order valence-electron chi connectivity index (χ4n) is 1.80. The summed E-state index contributed by atoms with van der Waals surface area (Å²) >= 11 is 0. The molecule has 1 atom stereocenters. The van der Waals surface area contributed by atoms with Crippen molar-refractivity contribution in [1.29, 1.82) is 0 Å². The fraction of sp³-hybridized carbons (Fsp3) is 0.438. The van der Waals surface area contributed by atoms with Crippen LogP contribution in [-0.2, 0) is 0 Å². The number of H-pyrrole nitrogens is 1. The Kier molecular flexibility index (Phi) is 2.22. The van der Waals surface area contributed by atoms with E-state index < -0.39 is 38.7 Å². The average molecular weight is 299 g/mol. The van der Waals surface area contributed by atoms with E-state index in [0.717, 1.165) is 0 Å². The molecular weight excluding hydrogens is 268 g/mol. The highest BCUT2D eigenvalue weighted by molar-refractivity contribution is 5.84. The van der Waals surface area contributed by atoms with E-state index in [4.69, 9.17) is 17.1 Å². The Morgan fingerprint density at radius 2 is 2.19 bits per heavy atom. The van der Waals surface area contributed by atoms with Crippen LogP contribution in [-0.4, -0.2) is 34.9 Å². The second-order valence-electron chi connectivity index (χ2n) is 4.64. The molecule has 0 saturated heterocycles. The first-order valence-corrected chi connectivity index (χ1v) is 6.28. The summed E-state index contributed by atoms with van der Waals surface area (Å²) < 4.78 is 73.4. The molecule has 0 bridgehead atoms. The number of hydrogen-bond donors (Lipinski definition) is 3. The molecule has 0 spiro atoms. The fourth-order valence-corrected chi connectivity index (χ4v) is 1.80. The minimum Gasteiger partial charge on any atom is -0.490 e. The molecule has 0 aliphatic rings. The number of pyridine rings is 1. The van der Waals surface area contributed by atoms with E-state index in [2.05, 4.69) is 10.3 Å². The van der Waals surface area contributed by atoms with Gasteiger partial charge in [0.15, 0.2) is 0 Å². The zero-order valence-corrected chi connectivity index (χ0v) is 11.1. The van der Waals surface area contributed by atoms with Gasteiger partial charge in [0, 0.05) is 35.9 Å². The van der Waals surface area contributed by atoms with E-state index in [1.165, 1.54) is 12.1 Å². The van der Waals surface area contributed by atoms with Crippen LogP contribution < -0.4 is 15.6 Å². The lowest BCUT2D eigenvalue weighted by atomic mass is 10.1. The number of β-amino-alcohol motifs (C(OH)–C–C–N with tert-alkyl or cyclic N) is 1. The number of hydrogen-bond acceptors (Lipinski definition) is 4. The molecule has 0 saturated carbocycles. The minimum atomic E-state index is -3.41. The van der Waals surface area contributed by atoms with Crippen molar-refractivity contribution >= 4 is 10.9 Å². The third-order valence-corrected chi connectivity index (χ3v) is 2.76. The number of aromatic nitrogens is 1. The summed E-state index contributed by atoms with van der Waals surface area (Å²) in [6.45, 7) is -11.3. The Balaban J connectivity index is 2.18. The quantitative estimate of drug-likeness (QED) is 0.785. The SMILES string of the molecule is [2H]C([2H])([2H])C(NCC(O)COc1cccc2[nH]c(=O)ccc12)(C([2H])([2H])[2H])C([2H])([2H])[2H]. The monoisotopic (exact) mass is 299 g/mol. The number of benzene rings is 1. The molecule has 0 aliphatic carbocycles. The van der Waals surface area contributed by atoms with E-state index >= 15 is 0 Å². The summed E-state index contributed by atoms with van der Waals surface area (Å²) in [5, 5.41) is 12.8. The van der Waals surface area contributed by atoms with Crippen molar-refractivity contribution in [3.8, 4) is 5.75 Å². The van der Waals surface area contributed by atoms with Crippen molar-refractivity contribution in [2.24, 2.45) is 0 Å². The topological polar surface area (TPSA) is 74.3 Å². The Hall–Kier alpha value is -1.85. The molecule has 21 heavy (non-hydrogen) atoms. The lowest BCUT2D eigenvalue weighted by Crippen LogP contribution is -2.42. The normalized spacial score (nSPS) is 21.5. The molecule has 5 nitrogen and oxygen atoms in total. The lowest BCUT2D eigenvalue weighted by molar-refractivity contribution is 0.101. The van der Waals surface area contributed by atoms with Gasteiger partial charge < -0.3 is 20.1 Å². The Morgan fingerprint density at radius 3 is 2.95 bits per heavy atom. The van der Waals surface area contributed by atoms with Crippen LogP contribution in [0.15, 0.2) is 35.1 Å². The molecule has 0 aliphatic heterocycles. The average Bonchev–Trinajstić information content (AvgIpc) is 2.56. The summed E-state index contributed by atoms with van der Waals surface area (Å²) in [4.78, 5) is 14.0. The summed E-state index contributed by atoms with van der Waals surface area (Å²) in [6, 6.07) is 7.67. The van der Waals surface area contributed by atoms with Gasteiger partial charge in [0.05, 0.1) is 5.52 Å². The Labute approximate surface area is 136 Å². The van der Waals surface area contributed by atoms with Gasteiger partial charge in [-0.2, -0.15) is 0 Å². The number of rotatable bonds is 5. The van der Waals surface area contributed by atoms with Gasteiger partial charge >= 0.3 is 0 Å². The lowest BCUT2D eigenvalue weighted by Gasteiger charge is -2.23. The molecule has 0 amide bonds. The maximum absolute atomic E-state index is 11.4. The Morgan fingerprint density at radius 1 is 1.38 bits per heavy atom. The molecule has 3 N–H and O–H groups in total. The van der Waals surface area contributed by atoms with Crippen LogP contribution in [0.25, 0.3) is 10.9 Å². The van der Waals surface area contributed by atoms with Crippen molar-refractivity contribution in [3.05, 3.63) is 40.7 Å². The van der Waals surface area contributed by atoms with Crippen molar-refractivity contribution < 1.29 is 22.2 Å². The standard InChI is InChI=1S/C16H22N2O3/c1-16(2,3)17-9-11(19)10-21-14-6-4-5-13-12(14)7-8-15(20)18-13/h4-8,11,17,19H,9-10H2,1-3H3,(H,18,20)/i1D3,2D3,3D3. The van der Waals surface area contributed by atoms with E-state index in [-0.39, 0.29) is 12.2 Å². The van der Waals surface area contributed by atoms with Gasteiger partial charge in [0.25, 0.3) is 0 Å². The van der Waals surface area contributed by atoms with E-state index in [1.807, 2.05) is 0 Å². The third kappa shape index (κ3) is 4.58. The molecule has 114 valence electrons. The molecule has 2 aromatic rings. The first-order chi connectivity index (χ1) is 13.6. The van der Waals surface area contributed by atoms with Gasteiger partial charge in [-0.25, -0.2) is 0 Å². The molecule has 1 aromatic heterocycles. The molecule has 1 unspecified atom stereocenters. The summed E-state index contributed by atoms with van der Waals surface area (Å²) in [6.07, 6.45) is -1.42. The first-order valence-electron chi connectivity index (χ1n) is 10.8. The second-order valence-corrected chi connectivity index (χ2v) is 4.64. The van der Waals surface area contributed by atoms with Crippen molar-refractivity contribution in [3.63, 3.8) is 0 Å². The number of aliphatic hydroxyl groups excluding tert-OH is 1. The van der Waals surface area contributed by atoms with Crippen LogP contribution in [0.3, 0.4) is 0 Å². The van der Waals surface area contributed by atoms with Crippen LogP contribution in [0.1, 0.15) is 32.9 Å². The summed E-state index contributed by atoms with van der Waals surface area (Å²) in [5.74, 6) is 0.316. The first kappa shape index (κ1) is 7.42. The zero-order chi connectivity index (χ0) is 23.0. The van der Waals surface area contributed by atoms with Crippen LogP contribution in [0, 0.1) is 0 Å². The molecule has 2 rings (SSSR count). The van der Waals surface area contributed by atoms with E-state index in [1.54, 1.807) is 18.2 Å². The number of fused-ring (bicyclic) bond motifs is 1. The minimum absolute atomic E-state index is 0.306. The predicted octanol–water partition coefficient (Wildman–Crippen LogP) is 1.66. The van der Waals surface area contributed by atoms with Crippen LogP contribution in [0.5, 0.6) is 5.75 Å². The van der Waals surface area contributed by atoms with Crippen molar-refractivity contribution in [2.75, 3.05) is 13.2 Å². The van der Waals surface area contributed by atoms with Crippen LogP contribution >= 0.6 is 0 Å². The molecular formula is C16H22N2O3. The van der Waals surface area contributed by atoms with E-state index in [0.29, 0.717) is 16.7 Å². The highest BCUT2D eigenvalue weighted by Crippen LogP contribution is 2.22. The summed E-state index contributed by atoms with van der Waals surface area (Å²) in [7, 11) is 0. The molecule has 5 heteroatoms. The van der Waals surface area contributed by atoms with Crippen LogP contribution in [0.2, 0.25) is 0 Å². The highest BCUT2D eigenvalue weighted by Gasteiger charge is 2.13. The predicted molar refractivity (Wildman–Crippen MR) is 83.8 cm³/mol. The number of ether oxygens (including phenoxy) is 1. The highest BCUT2D eigenvalue weighted by atomic mass is 16.5. The number of aromatic amines is 1. The van der Waals surface area contributed by atoms with E-state index in [9.17, 15) is 9.90 Å².